The van der Waals surface area contributed by atoms with Gasteiger partial charge in [-0.1, -0.05) is 23.7 Å². The summed E-state index contributed by atoms with van der Waals surface area (Å²) in [4.78, 5) is 37.3. The average Bonchev–Trinajstić information content (AvgIpc) is 3.24. The first-order valence-electron chi connectivity index (χ1n) is 11.0. The van der Waals surface area contributed by atoms with Crippen LogP contribution in [-0.4, -0.2) is 40.4 Å². The lowest BCUT2D eigenvalue weighted by molar-refractivity contribution is 0.0946. The molecule has 0 spiro atoms. The second kappa shape index (κ2) is 9.67. The molecule has 4 N–H and O–H groups in total. The number of nitrogens with zero attached hydrogens (tertiary/aromatic N) is 2. The fraction of sp³-hybridized carbons (Fsp3) is 0.120. The minimum atomic E-state index is -0.557. The molecule has 1 aliphatic heterocycles. The summed E-state index contributed by atoms with van der Waals surface area (Å²) in [5.74, 6) is -0.887. The summed E-state index contributed by atoms with van der Waals surface area (Å²) in [5.41, 5.74) is 3.28. The van der Waals surface area contributed by atoms with Crippen LogP contribution in [0.3, 0.4) is 0 Å². The molecule has 36 heavy (non-hydrogen) atoms. The molecule has 0 fully saturated rings. The largest absolute Gasteiger partial charge is 0.493 e. The number of hydrogen-bond acceptors (Lipinski definition) is 6. The molecule has 0 unspecified atom stereocenters. The number of ether oxygens (including phenoxy) is 1. The Morgan fingerprint density at radius 2 is 2.03 bits per heavy atom. The highest BCUT2D eigenvalue weighted by molar-refractivity contribution is 6.32. The van der Waals surface area contributed by atoms with E-state index < -0.39 is 11.7 Å². The topological polar surface area (TPSA) is 121 Å². The summed E-state index contributed by atoms with van der Waals surface area (Å²) in [7, 11) is 1.50. The molecule has 0 atom stereocenters. The van der Waals surface area contributed by atoms with Gasteiger partial charge < -0.3 is 20.4 Å². The molecule has 2 amide bonds. The Labute approximate surface area is 210 Å². The number of aromatic nitrogens is 3. The molecule has 0 radical (unpaired) electrons. The van der Waals surface area contributed by atoms with Gasteiger partial charge >= 0.3 is 0 Å². The predicted octanol–water partition coefficient (Wildman–Crippen LogP) is 4.55. The van der Waals surface area contributed by atoms with Crippen molar-refractivity contribution in [1.82, 2.24) is 20.3 Å². The van der Waals surface area contributed by atoms with Gasteiger partial charge in [0.15, 0.2) is 5.75 Å². The number of hydrogen-bond donors (Lipinski definition) is 4. The van der Waals surface area contributed by atoms with E-state index in [1.54, 1.807) is 24.3 Å². The Hall–Kier alpha value is -4.44. The number of carbonyl (C=O) groups is 2. The van der Waals surface area contributed by atoms with Gasteiger partial charge in [-0.3, -0.25) is 14.9 Å². The van der Waals surface area contributed by atoms with Gasteiger partial charge in [0.25, 0.3) is 11.8 Å². The van der Waals surface area contributed by atoms with Crippen molar-refractivity contribution in [2.24, 2.45) is 0 Å². The number of para-hydroxylation sites is 1. The van der Waals surface area contributed by atoms with Crippen LogP contribution in [0.5, 0.6) is 5.75 Å². The van der Waals surface area contributed by atoms with E-state index in [1.165, 1.54) is 31.5 Å². The highest BCUT2D eigenvalue weighted by Gasteiger charge is 2.28. The first-order valence-corrected chi connectivity index (χ1v) is 11.4. The lowest BCUT2D eigenvalue weighted by Crippen LogP contribution is -2.31. The first kappa shape index (κ1) is 23.3. The van der Waals surface area contributed by atoms with E-state index in [0.717, 1.165) is 11.8 Å². The van der Waals surface area contributed by atoms with Crippen molar-refractivity contribution in [3.8, 4) is 17.1 Å². The molecule has 2 aromatic heterocycles. The van der Waals surface area contributed by atoms with Crippen LogP contribution in [0.2, 0.25) is 5.02 Å². The second-order valence-electron chi connectivity index (χ2n) is 7.91. The van der Waals surface area contributed by atoms with Crippen molar-refractivity contribution in [3.05, 3.63) is 82.4 Å². The Morgan fingerprint density at radius 1 is 1.19 bits per heavy atom. The molecule has 4 aromatic rings. The van der Waals surface area contributed by atoms with E-state index >= 15 is 0 Å². The van der Waals surface area contributed by atoms with E-state index in [2.05, 4.69) is 30.9 Å². The lowest BCUT2D eigenvalue weighted by Gasteiger charge is -2.17. The molecule has 9 nitrogen and oxygen atoms in total. The molecule has 0 saturated heterocycles. The van der Waals surface area contributed by atoms with Gasteiger partial charge in [-0.05, 0) is 36.4 Å². The van der Waals surface area contributed by atoms with E-state index in [9.17, 15) is 14.0 Å². The standard InChI is InChI=1S/C25H20ClFN6O3/c1-36-22-15(26)6-3-7-18(22)31-21-19-16(8-10-28-24(19)35)30-20(21)17-9-11-29-25(32-17)33-23(34)13-4-2-5-14(27)12-13/h2-7,9,11-12,30-31H,8,10H2,1H3,(H,28,35)(H,29,32,33,34). The number of H-pyrrole nitrogens is 1. The van der Waals surface area contributed by atoms with Crippen molar-refractivity contribution in [1.29, 1.82) is 0 Å². The highest BCUT2D eigenvalue weighted by Crippen LogP contribution is 2.40. The second-order valence-corrected chi connectivity index (χ2v) is 8.32. The van der Waals surface area contributed by atoms with Crippen molar-refractivity contribution in [3.63, 3.8) is 0 Å². The molecule has 0 saturated carbocycles. The van der Waals surface area contributed by atoms with Crippen molar-refractivity contribution in [2.45, 2.75) is 6.42 Å². The van der Waals surface area contributed by atoms with Gasteiger partial charge in [-0.2, -0.15) is 0 Å². The summed E-state index contributed by atoms with van der Waals surface area (Å²) in [6.45, 7) is 0.491. The zero-order chi connectivity index (χ0) is 25.2. The van der Waals surface area contributed by atoms with E-state index in [-0.39, 0.29) is 17.4 Å². The van der Waals surface area contributed by atoms with Crippen LogP contribution in [0.1, 0.15) is 26.4 Å². The maximum Gasteiger partial charge on any atom is 0.258 e. The number of benzene rings is 2. The number of fused-ring (bicyclic) bond motifs is 1. The Morgan fingerprint density at radius 3 is 2.83 bits per heavy atom. The van der Waals surface area contributed by atoms with Crippen LogP contribution in [0.4, 0.5) is 21.7 Å². The molecule has 182 valence electrons. The molecular weight excluding hydrogens is 487 g/mol. The van der Waals surface area contributed by atoms with Crippen molar-refractivity contribution < 1.29 is 18.7 Å². The number of methoxy groups -OCH3 is 1. The van der Waals surface area contributed by atoms with Gasteiger partial charge in [-0.15, -0.1) is 0 Å². The Balaban J connectivity index is 1.55. The number of carbonyl (C=O) groups excluding carboxylic acids is 2. The zero-order valence-electron chi connectivity index (χ0n) is 19.0. The SMILES string of the molecule is COc1c(Cl)cccc1Nc1c(-c2ccnc(NC(=O)c3cccc(F)c3)n2)[nH]c2c1C(=O)NCC2. The molecule has 5 rings (SSSR count). The van der Waals surface area contributed by atoms with E-state index in [0.29, 0.717) is 52.1 Å². The van der Waals surface area contributed by atoms with Crippen LogP contribution in [-0.2, 0) is 6.42 Å². The third-order valence-electron chi connectivity index (χ3n) is 5.62. The predicted molar refractivity (Wildman–Crippen MR) is 133 cm³/mol. The third kappa shape index (κ3) is 4.46. The van der Waals surface area contributed by atoms with E-state index in [4.69, 9.17) is 16.3 Å². The van der Waals surface area contributed by atoms with E-state index in [1.807, 2.05) is 0 Å². The molecule has 2 aromatic carbocycles. The summed E-state index contributed by atoms with van der Waals surface area (Å²) >= 11 is 6.29. The maximum absolute atomic E-state index is 13.5. The monoisotopic (exact) mass is 506 g/mol. The van der Waals surface area contributed by atoms with Crippen molar-refractivity contribution in [2.75, 3.05) is 24.3 Å². The Kier molecular flexibility index (Phi) is 6.26. The normalized spacial score (nSPS) is 12.5. The number of amides is 2. The molecule has 3 heterocycles. The fourth-order valence-electron chi connectivity index (χ4n) is 4.01. The van der Waals surface area contributed by atoms with Crippen LogP contribution < -0.4 is 20.7 Å². The minimum Gasteiger partial charge on any atom is -0.493 e. The first-order chi connectivity index (χ1) is 17.4. The number of rotatable bonds is 6. The van der Waals surface area contributed by atoms with Gasteiger partial charge in [0.1, 0.15) is 5.82 Å². The van der Waals surface area contributed by atoms with Gasteiger partial charge in [0, 0.05) is 30.4 Å². The van der Waals surface area contributed by atoms with Crippen LogP contribution in [0, 0.1) is 5.82 Å². The van der Waals surface area contributed by atoms with Gasteiger partial charge in [-0.25, -0.2) is 14.4 Å². The number of nitrogens with one attached hydrogen (secondary N) is 4. The summed E-state index contributed by atoms with van der Waals surface area (Å²) < 4.78 is 19.0. The summed E-state index contributed by atoms with van der Waals surface area (Å²) in [6, 6.07) is 12.2. The third-order valence-corrected chi connectivity index (χ3v) is 5.92. The number of halogens is 2. The van der Waals surface area contributed by atoms with Gasteiger partial charge in [0.05, 0.1) is 40.5 Å². The minimum absolute atomic E-state index is 0.0186. The molecular formula is C25H20ClFN6O3. The quantitative estimate of drug-likeness (QED) is 0.304. The van der Waals surface area contributed by atoms with Crippen LogP contribution in [0.25, 0.3) is 11.4 Å². The Bertz CT molecular complexity index is 1490. The molecule has 0 bridgehead atoms. The van der Waals surface area contributed by atoms with Crippen LogP contribution in [0.15, 0.2) is 54.7 Å². The fourth-order valence-corrected chi connectivity index (χ4v) is 4.26. The maximum atomic E-state index is 13.5. The molecule has 0 aliphatic carbocycles. The van der Waals surface area contributed by atoms with Gasteiger partial charge in [0.2, 0.25) is 5.95 Å². The summed E-state index contributed by atoms with van der Waals surface area (Å²) in [5, 5.41) is 9.11. The van der Waals surface area contributed by atoms with Crippen LogP contribution >= 0.6 is 11.6 Å². The molecule has 1 aliphatic rings. The smallest absolute Gasteiger partial charge is 0.258 e. The zero-order valence-corrected chi connectivity index (χ0v) is 19.7. The summed E-state index contributed by atoms with van der Waals surface area (Å²) in [6.07, 6.45) is 2.07. The number of anilines is 3. The lowest BCUT2D eigenvalue weighted by atomic mass is 10.1. The molecule has 11 heteroatoms. The van der Waals surface area contributed by atoms with Crippen molar-refractivity contribution >= 4 is 40.7 Å². The number of aromatic amines is 1. The highest BCUT2D eigenvalue weighted by atomic mass is 35.5. The average molecular weight is 507 g/mol.